The molecule has 0 radical (unpaired) electrons. The van der Waals surface area contributed by atoms with Crippen molar-refractivity contribution in [3.63, 3.8) is 0 Å². The van der Waals surface area contributed by atoms with Crippen LogP contribution < -0.4 is 5.32 Å². The standard InChI is InChI=1S/C12H23NO/c1-9(2)8-11(4)13-12(5)10(3)6-7-14/h7,9-10,12-13H,4,6,8H2,1-3,5H3. The van der Waals surface area contributed by atoms with E-state index in [9.17, 15) is 4.79 Å². The largest absolute Gasteiger partial charge is 0.386 e. The van der Waals surface area contributed by atoms with Crippen molar-refractivity contribution in [1.29, 1.82) is 0 Å². The first-order valence-corrected chi connectivity index (χ1v) is 5.35. The Kier molecular flexibility index (Phi) is 6.26. The molecular weight excluding hydrogens is 174 g/mol. The second kappa shape index (κ2) is 6.63. The first-order chi connectivity index (χ1) is 6.47. The summed E-state index contributed by atoms with van der Waals surface area (Å²) >= 11 is 0. The van der Waals surface area contributed by atoms with Crippen LogP contribution in [0.25, 0.3) is 0 Å². The summed E-state index contributed by atoms with van der Waals surface area (Å²) in [6.07, 6.45) is 2.59. The Bertz CT molecular complexity index is 187. The van der Waals surface area contributed by atoms with E-state index in [1.807, 2.05) is 0 Å². The number of hydrogen-bond donors (Lipinski definition) is 1. The van der Waals surface area contributed by atoms with Gasteiger partial charge in [0, 0.05) is 18.2 Å². The molecule has 0 aliphatic heterocycles. The second-order valence-corrected chi connectivity index (χ2v) is 4.51. The fraction of sp³-hybridized carbons (Fsp3) is 0.750. The Hall–Kier alpha value is -0.790. The van der Waals surface area contributed by atoms with Gasteiger partial charge in [-0.05, 0) is 25.2 Å². The first kappa shape index (κ1) is 13.2. The van der Waals surface area contributed by atoms with Crippen LogP contribution in [0.3, 0.4) is 0 Å². The van der Waals surface area contributed by atoms with Gasteiger partial charge < -0.3 is 10.1 Å². The van der Waals surface area contributed by atoms with E-state index in [1.54, 1.807) is 0 Å². The number of carbonyl (C=O) groups is 1. The molecule has 0 saturated heterocycles. The number of rotatable bonds is 7. The minimum atomic E-state index is 0.325. The van der Waals surface area contributed by atoms with E-state index in [2.05, 4.69) is 39.6 Å². The summed E-state index contributed by atoms with van der Waals surface area (Å²) in [6.45, 7) is 12.5. The fourth-order valence-electron chi connectivity index (χ4n) is 1.37. The Labute approximate surface area is 87.8 Å². The minimum Gasteiger partial charge on any atom is -0.386 e. The van der Waals surface area contributed by atoms with Crippen LogP contribution >= 0.6 is 0 Å². The highest BCUT2D eigenvalue weighted by Gasteiger charge is 2.11. The van der Waals surface area contributed by atoms with Gasteiger partial charge in [-0.25, -0.2) is 0 Å². The highest BCUT2D eigenvalue weighted by molar-refractivity contribution is 5.49. The molecule has 0 amide bonds. The van der Waals surface area contributed by atoms with Crippen molar-refractivity contribution in [3.8, 4) is 0 Å². The van der Waals surface area contributed by atoms with Crippen LogP contribution in [0.1, 0.15) is 40.5 Å². The fourth-order valence-corrected chi connectivity index (χ4v) is 1.37. The van der Waals surface area contributed by atoms with Gasteiger partial charge in [0.05, 0.1) is 0 Å². The molecule has 2 atom stereocenters. The van der Waals surface area contributed by atoms with Gasteiger partial charge in [0.25, 0.3) is 0 Å². The summed E-state index contributed by atoms with van der Waals surface area (Å²) in [5.41, 5.74) is 1.07. The van der Waals surface area contributed by atoms with Crippen LogP contribution in [0, 0.1) is 11.8 Å². The topological polar surface area (TPSA) is 29.1 Å². The molecular formula is C12H23NO. The molecule has 2 nitrogen and oxygen atoms in total. The van der Waals surface area contributed by atoms with Gasteiger partial charge in [-0.15, -0.1) is 0 Å². The second-order valence-electron chi connectivity index (χ2n) is 4.51. The van der Waals surface area contributed by atoms with Gasteiger partial charge in [-0.2, -0.15) is 0 Å². The third kappa shape index (κ3) is 5.79. The lowest BCUT2D eigenvalue weighted by Gasteiger charge is -2.22. The lowest BCUT2D eigenvalue weighted by atomic mass is 9.99. The van der Waals surface area contributed by atoms with Crippen molar-refractivity contribution < 1.29 is 4.79 Å². The molecule has 0 aliphatic carbocycles. The molecule has 0 heterocycles. The number of aldehydes is 1. The molecule has 0 spiro atoms. The monoisotopic (exact) mass is 197 g/mol. The van der Waals surface area contributed by atoms with E-state index in [1.165, 1.54) is 0 Å². The molecule has 0 aliphatic rings. The minimum absolute atomic E-state index is 0.325. The maximum absolute atomic E-state index is 10.3. The van der Waals surface area contributed by atoms with Gasteiger partial charge in [-0.1, -0.05) is 27.4 Å². The third-order valence-corrected chi connectivity index (χ3v) is 2.41. The Morgan fingerprint density at radius 2 is 1.93 bits per heavy atom. The summed E-state index contributed by atoms with van der Waals surface area (Å²) < 4.78 is 0. The molecule has 0 aromatic rings. The van der Waals surface area contributed by atoms with E-state index in [-0.39, 0.29) is 0 Å². The number of hydrogen-bond acceptors (Lipinski definition) is 2. The lowest BCUT2D eigenvalue weighted by Crippen LogP contribution is -2.31. The van der Waals surface area contributed by atoms with Crippen LogP contribution in [-0.2, 0) is 4.79 Å². The van der Waals surface area contributed by atoms with Gasteiger partial charge in [0.2, 0.25) is 0 Å². The molecule has 1 N–H and O–H groups in total. The van der Waals surface area contributed by atoms with Crippen molar-refractivity contribution >= 4 is 6.29 Å². The average molecular weight is 197 g/mol. The summed E-state index contributed by atoms with van der Waals surface area (Å²) in [5, 5.41) is 3.34. The zero-order chi connectivity index (χ0) is 11.1. The Morgan fingerprint density at radius 3 is 2.36 bits per heavy atom. The van der Waals surface area contributed by atoms with Crippen LogP contribution in [0.4, 0.5) is 0 Å². The predicted octanol–water partition coefficient (Wildman–Crippen LogP) is 2.75. The summed E-state index contributed by atoms with van der Waals surface area (Å²) in [7, 11) is 0. The van der Waals surface area contributed by atoms with E-state index in [0.29, 0.717) is 24.3 Å². The van der Waals surface area contributed by atoms with Crippen molar-refractivity contribution in [2.75, 3.05) is 0 Å². The molecule has 0 saturated carbocycles. The maximum Gasteiger partial charge on any atom is 0.120 e. The summed E-state index contributed by atoms with van der Waals surface area (Å²) in [5.74, 6) is 1.000. The molecule has 82 valence electrons. The van der Waals surface area contributed by atoms with Crippen LogP contribution in [0.15, 0.2) is 12.3 Å². The van der Waals surface area contributed by atoms with E-state index in [4.69, 9.17) is 0 Å². The SMILES string of the molecule is C=C(CC(C)C)NC(C)C(C)CC=O. The van der Waals surface area contributed by atoms with Gasteiger partial charge in [0.1, 0.15) is 6.29 Å². The Balaban J connectivity index is 3.86. The van der Waals surface area contributed by atoms with Crippen LogP contribution in [0.2, 0.25) is 0 Å². The number of nitrogens with one attached hydrogen (secondary N) is 1. The van der Waals surface area contributed by atoms with E-state index >= 15 is 0 Å². The number of carbonyl (C=O) groups excluding carboxylic acids is 1. The summed E-state index contributed by atoms with van der Waals surface area (Å²) in [4.78, 5) is 10.3. The molecule has 2 heteroatoms. The van der Waals surface area contributed by atoms with Crippen LogP contribution in [-0.4, -0.2) is 12.3 Å². The zero-order valence-corrected chi connectivity index (χ0v) is 9.84. The normalized spacial score (nSPS) is 14.9. The van der Waals surface area contributed by atoms with Crippen LogP contribution in [0.5, 0.6) is 0 Å². The van der Waals surface area contributed by atoms with Gasteiger partial charge in [0.15, 0.2) is 0 Å². The molecule has 0 bridgehead atoms. The van der Waals surface area contributed by atoms with Crippen molar-refractivity contribution in [2.45, 2.75) is 46.6 Å². The summed E-state index contributed by atoms with van der Waals surface area (Å²) in [6, 6.07) is 0.325. The van der Waals surface area contributed by atoms with Crippen molar-refractivity contribution in [3.05, 3.63) is 12.3 Å². The third-order valence-electron chi connectivity index (χ3n) is 2.41. The number of allylic oxidation sites excluding steroid dienone is 1. The van der Waals surface area contributed by atoms with E-state index < -0.39 is 0 Å². The maximum atomic E-state index is 10.3. The lowest BCUT2D eigenvalue weighted by molar-refractivity contribution is -0.108. The molecule has 0 fully saturated rings. The van der Waals surface area contributed by atoms with Gasteiger partial charge >= 0.3 is 0 Å². The average Bonchev–Trinajstić information content (AvgIpc) is 2.02. The molecule has 0 aromatic heterocycles. The molecule has 0 rings (SSSR count). The predicted molar refractivity (Wildman–Crippen MR) is 61.0 cm³/mol. The Morgan fingerprint density at radius 1 is 1.36 bits per heavy atom. The van der Waals surface area contributed by atoms with Gasteiger partial charge in [-0.3, -0.25) is 0 Å². The quantitative estimate of drug-likeness (QED) is 0.636. The molecule has 14 heavy (non-hydrogen) atoms. The first-order valence-electron chi connectivity index (χ1n) is 5.35. The highest BCUT2D eigenvalue weighted by Crippen LogP contribution is 2.11. The van der Waals surface area contributed by atoms with E-state index in [0.717, 1.165) is 18.4 Å². The van der Waals surface area contributed by atoms with Crippen molar-refractivity contribution in [2.24, 2.45) is 11.8 Å². The van der Waals surface area contributed by atoms with Crippen molar-refractivity contribution in [1.82, 2.24) is 5.32 Å². The molecule has 2 unspecified atom stereocenters. The smallest absolute Gasteiger partial charge is 0.120 e. The highest BCUT2D eigenvalue weighted by atomic mass is 16.1. The molecule has 0 aromatic carbocycles. The zero-order valence-electron chi connectivity index (χ0n) is 9.84.